The van der Waals surface area contributed by atoms with Gasteiger partial charge in [0.2, 0.25) is 5.91 Å². The number of hydrogen-bond donors (Lipinski definition) is 2. The summed E-state index contributed by atoms with van der Waals surface area (Å²) >= 11 is 0. The lowest BCUT2D eigenvalue weighted by molar-refractivity contribution is -0.114. The van der Waals surface area contributed by atoms with Crippen LogP contribution in [0.15, 0.2) is 48.5 Å². The highest BCUT2D eigenvalue weighted by Gasteiger charge is 2.05. The van der Waals surface area contributed by atoms with Gasteiger partial charge in [-0.15, -0.1) is 0 Å². The number of methoxy groups -OCH3 is 1. The molecular weight excluding hydrogens is 264 g/mol. The van der Waals surface area contributed by atoms with E-state index in [2.05, 4.69) is 22.8 Å². The van der Waals surface area contributed by atoms with Gasteiger partial charge in [0.25, 0.3) is 0 Å². The average Bonchev–Trinajstić information content (AvgIpc) is 2.49. The van der Waals surface area contributed by atoms with E-state index in [-0.39, 0.29) is 5.91 Å². The maximum atomic E-state index is 11.2. The van der Waals surface area contributed by atoms with Crippen molar-refractivity contribution in [2.24, 2.45) is 0 Å². The Balaban J connectivity index is 2.04. The van der Waals surface area contributed by atoms with E-state index < -0.39 is 0 Å². The predicted octanol–water partition coefficient (Wildman–Crippen LogP) is 3.31. The van der Waals surface area contributed by atoms with Crippen LogP contribution in [0.2, 0.25) is 0 Å². The van der Waals surface area contributed by atoms with Crippen LogP contribution in [-0.2, 0) is 11.2 Å². The van der Waals surface area contributed by atoms with Crippen molar-refractivity contribution in [1.29, 1.82) is 0 Å². The Labute approximate surface area is 125 Å². The summed E-state index contributed by atoms with van der Waals surface area (Å²) in [7, 11) is 1.63. The average molecular weight is 284 g/mol. The summed E-state index contributed by atoms with van der Waals surface area (Å²) in [5.74, 6) is 0.664. The van der Waals surface area contributed by atoms with Crippen molar-refractivity contribution in [3.8, 4) is 5.75 Å². The first kappa shape index (κ1) is 14.9. The fourth-order valence-electron chi connectivity index (χ4n) is 2.08. The summed E-state index contributed by atoms with van der Waals surface area (Å²) < 4.78 is 5.23. The van der Waals surface area contributed by atoms with E-state index in [1.54, 1.807) is 7.11 Å². The Morgan fingerprint density at radius 1 is 1.10 bits per heavy atom. The minimum atomic E-state index is -0.0914. The molecule has 0 heterocycles. The number of hydrogen-bond acceptors (Lipinski definition) is 3. The fraction of sp³-hybridized carbons (Fsp3) is 0.235. The van der Waals surface area contributed by atoms with Gasteiger partial charge < -0.3 is 15.4 Å². The zero-order valence-electron chi connectivity index (χ0n) is 12.3. The summed E-state index contributed by atoms with van der Waals surface area (Å²) in [6.07, 6.45) is 0.914. The van der Waals surface area contributed by atoms with Crippen molar-refractivity contribution in [2.45, 2.75) is 13.3 Å². The first-order valence-corrected chi connectivity index (χ1v) is 6.92. The van der Waals surface area contributed by atoms with E-state index >= 15 is 0 Å². The van der Waals surface area contributed by atoms with E-state index in [0.717, 1.165) is 30.1 Å². The largest absolute Gasteiger partial charge is 0.497 e. The van der Waals surface area contributed by atoms with Crippen LogP contribution in [0.1, 0.15) is 12.5 Å². The first-order valence-electron chi connectivity index (χ1n) is 6.92. The van der Waals surface area contributed by atoms with Crippen LogP contribution in [0.25, 0.3) is 0 Å². The monoisotopic (exact) mass is 284 g/mol. The lowest BCUT2D eigenvalue weighted by Gasteiger charge is -2.14. The first-order chi connectivity index (χ1) is 10.2. The molecule has 0 aliphatic heterocycles. The minimum Gasteiger partial charge on any atom is -0.497 e. The zero-order valence-corrected chi connectivity index (χ0v) is 12.3. The van der Waals surface area contributed by atoms with Gasteiger partial charge in [0.15, 0.2) is 0 Å². The van der Waals surface area contributed by atoms with Crippen LogP contribution >= 0.6 is 0 Å². The molecule has 0 aliphatic carbocycles. The predicted molar refractivity (Wildman–Crippen MR) is 85.9 cm³/mol. The summed E-state index contributed by atoms with van der Waals surface area (Å²) in [5, 5.41) is 6.16. The molecule has 2 aromatic carbocycles. The van der Waals surface area contributed by atoms with Gasteiger partial charge in [-0.3, -0.25) is 4.79 Å². The van der Waals surface area contributed by atoms with Crippen molar-refractivity contribution < 1.29 is 9.53 Å². The molecule has 0 saturated heterocycles. The molecule has 0 aromatic heterocycles. The zero-order chi connectivity index (χ0) is 15.1. The summed E-state index contributed by atoms with van der Waals surface area (Å²) in [6.45, 7) is 2.28. The number of rotatable bonds is 6. The standard InChI is InChI=1S/C17H20N2O2/c1-13(20)19-16-9-8-15(21-2)12-17(16)18-11-10-14-6-4-3-5-7-14/h3-9,12,18H,10-11H2,1-2H3,(H,19,20). The number of carbonyl (C=O) groups excluding carboxylic acids is 1. The topological polar surface area (TPSA) is 50.4 Å². The van der Waals surface area contributed by atoms with Crippen molar-refractivity contribution >= 4 is 17.3 Å². The normalized spacial score (nSPS) is 10.0. The van der Waals surface area contributed by atoms with Crippen molar-refractivity contribution in [3.63, 3.8) is 0 Å². The molecule has 2 aromatic rings. The number of amides is 1. The van der Waals surface area contributed by atoms with Gasteiger partial charge >= 0.3 is 0 Å². The van der Waals surface area contributed by atoms with Gasteiger partial charge in [-0.2, -0.15) is 0 Å². The van der Waals surface area contributed by atoms with Gasteiger partial charge in [-0.05, 0) is 24.1 Å². The molecule has 4 nitrogen and oxygen atoms in total. The molecule has 0 atom stereocenters. The van der Waals surface area contributed by atoms with Crippen LogP contribution in [0, 0.1) is 0 Å². The Morgan fingerprint density at radius 2 is 1.86 bits per heavy atom. The molecule has 0 spiro atoms. The third-order valence-electron chi connectivity index (χ3n) is 3.11. The molecule has 0 fully saturated rings. The van der Waals surface area contributed by atoms with Crippen LogP contribution in [0.4, 0.5) is 11.4 Å². The number of benzene rings is 2. The molecule has 0 radical (unpaired) electrons. The van der Waals surface area contributed by atoms with Crippen LogP contribution in [0.5, 0.6) is 5.75 Å². The maximum Gasteiger partial charge on any atom is 0.221 e. The maximum absolute atomic E-state index is 11.2. The van der Waals surface area contributed by atoms with Gasteiger partial charge in [0.1, 0.15) is 5.75 Å². The van der Waals surface area contributed by atoms with Gasteiger partial charge in [-0.1, -0.05) is 30.3 Å². The van der Waals surface area contributed by atoms with Gasteiger partial charge in [-0.25, -0.2) is 0 Å². The van der Waals surface area contributed by atoms with Crippen LogP contribution in [0.3, 0.4) is 0 Å². The fourth-order valence-corrected chi connectivity index (χ4v) is 2.08. The molecule has 0 saturated carbocycles. The smallest absolute Gasteiger partial charge is 0.221 e. The van der Waals surface area contributed by atoms with Crippen molar-refractivity contribution in [3.05, 3.63) is 54.1 Å². The number of anilines is 2. The van der Waals surface area contributed by atoms with E-state index in [1.807, 2.05) is 36.4 Å². The third-order valence-corrected chi connectivity index (χ3v) is 3.11. The second kappa shape index (κ2) is 7.33. The SMILES string of the molecule is COc1ccc(NC(C)=O)c(NCCc2ccccc2)c1. The highest BCUT2D eigenvalue weighted by Crippen LogP contribution is 2.27. The highest BCUT2D eigenvalue weighted by atomic mass is 16.5. The van der Waals surface area contributed by atoms with Gasteiger partial charge in [0.05, 0.1) is 18.5 Å². The number of ether oxygens (including phenoxy) is 1. The Bertz CT molecular complexity index is 597. The molecule has 21 heavy (non-hydrogen) atoms. The molecule has 0 bridgehead atoms. The van der Waals surface area contributed by atoms with Crippen LogP contribution < -0.4 is 15.4 Å². The summed E-state index contributed by atoms with van der Waals surface area (Å²) in [4.78, 5) is 11.2. The van der Waals surface area contributed by atoms with Crippen molar-refractivity contribution in [2.75, 3.05) is 24.3 Å². The quantitative estimate of drug-likeness (QED) is 0.855. The number of nitrogens with one attached hydrogen (secondary N) is 2. The van der Waals surface area contributed by atoms with E-state index in [9.17, 15) is 4.79 Å². The molecule has 4 heteroatoms. The Morgan fingerprint density at radius 3 is 2.52 bits per heavy atom. The molecule has 1 amide bonds. The molecule has 2 N–H and O–H groups in total. The lowest BCUT2D eigenvalue weighted by atomic mass is 10.1. The molecule has 110 valence electrons. The molecule has 0 unspecified atom stereocenters. The third kappa shape index (κ3) is 4.53. The Hall–Kier alpha value is -2.49. The Kier molecular flexibility index (Phi) is 5.21. The van der Waals surface area contributed by atoms with E-state index in [1.165, 1.54) is 12.5 Å². The second-order valence-electron chi connectivity index (χ2n) is 4.76. The molecule has 0 aliphatic rings. The van der Waals surface area contributed by atoms with Crippen LogP contribution in [-0.4, -0.2) is 19.6 Å². The lowest BCUT2D eigenvalue weighted by Crippen LogP contribution is -2.11. The van der Waals surface area contributed by atoms with E-state index in [4.69, 9.17) is 4.74 Å². The second-order valence-corrected chi connectivity index (χ2v) is 4.76. The summed E-state index contributed by atoms with van der Waals surface area (Å²) in [5.41, 5.74) is 2.89. The minimum absolute atomic E-state index is 0.0914. The highest BCUT2D eigenvalue weighted by molar-refractivity contribution is 5.92. The summed E-state index contributed by atoms with van der Waals surface area (Å²) in [6, 6.07) is 15.8. The van der Waals surface area contributed by atoms with E-state index in [0.29, 0.717) is 0 Å². The molecule has 2 rings (SSSR count). The molecular formula is C17H20N2O2. The number of carbonyl (C=O) groups is 1. The van der Waals surface area contributed by atoms with Crippen molar-refractivity contribution in [1.82, 2.24) is 0 Å². The van der Waals surface area contributed by atoms with Gasteiger partial charge in [0, 0.05) is 19.5 Å².